The molecule has 1 aromatic heterocycles. The van der Waals surface area contributed by atoms with Crippen LogP contribution in [0.5, 0.6) is 0 Å². The summed E-state index contributed by atoms with van der Waals surface area (Å²) in [7, 11) is 0. The summed E-state index contributed by atoms with van der Waals surface area (Å²) in [5, 5.41) is 10.5. The average Bonchev–Trinajstić information content (AvgIpc) is 3.21. The van der Waals surface area contributed by atoms with Crippen molar-refractivity contribution in [2.24, 2.45) is 5.92 Å². The summed E-state index contributed by atoms with van der Waals surface area (Å²) in [5.41, 5.74) is 2.81. The van der Waals surface area contributed by atoms with Crippen LogP contribution in [0.25, 0.3) is 0 Å². The van der Waals surface area contributed by atoms with Crippen LogP contribution < -0.4 is 0 Å². The molecule has 1 fully saturated rings. The second kappa shape index (κ2) is 6.71. The average molecular weight is 328 g/mol. The highest BCUT2D eigenvalue weighted by Gasteiger charge is 2.26. The first kappa shape index (κ1) is 15.3. The SMILES string of the molecule is OC[C@H]1CCN(Cc2nc3c(s2)C[C@@H](c2ccccc2)CC3)C1. The highest BCUT2D eigenvalue weighted by Crippen LogP contribution is 2.36. The molecule has 1 saturated heterocycles. The monoisotopic (exact) mass is 328 g/mol. The Balaban J connectivity index is 1.43. The number of hydrogen-bond donors (Lipinski definition) is 1. The Kier molecular flexibility index (Phi) is 4.47. The Morgan fingerprint density at radius 1 is 1.22 bits per heavy atom. The lowest BCUT2D eigenvalue weighted by molar-refractivity contribution is 0.220. The van der Waals surface area contributed by atoms with E-state index in [0.29, 0.717) is 18.4 Å². The summed E-state index contributed by atoms with van der Waals surface area (Å²) in [4.78, 5) is 8.85. The molecule has 0 spiro atoms. The lowest BCUT2D eigenvalue weighted by Gasteiger charge is -2.21. The first-order chi connectivity index (χ1) is 11.3. The lowest BCUT2D eigenvalue weighted by Crippen LogP contribution is -2.20. The van der Waals surface area contributed by atoms with Crippen LogP contribution in [0.2, 0.25) is 0 Å². The predicted molar refractivity (Wildman–Crippen MR) is 93.8 cm³/mol. The normalized spacial score (nSPS) is 24.7. The van der Waals surface area contributed by atoms with Gasteiger partial charge < -0.3 is 5.11 Å². The number of hydrogen-bond acceptors (Lipinski definition) is 4. The van der Waals surface area contributed by atoms with Gasteiger partial charge >= 0.3 is 0 Å². The van der Waals surface area contributed by atoms with Gasteiger partial charge in [0.2, 0.25) is 0 Å². The van der Waals surface area contributed by atoms with Gasteiger partial charge in [-0.1, -0.05) is 30.3 Å². The molecule has 1 N–H and O–H groups in total. The zero-order chi connectivity index (χ0) is 15.6. The molecule has 4 heteroatoms. The molecule has 4 rings (SSSR count). The van der Waals surface area contributed by atoms with E-state index in [9.17, 15) is 5.11 Å². The minimum absolute atomic E-state index is 0.323. The Bertz CT molecular complexity index is 655. The number of aromatic nitrogens is 1. The van der Waals surface area contributed by atoms with Crippen LogP contribution in [-0.4, -0.2) is 34.7 Å². The van der Waals surface area contributed by atoms with Crippen molar-refractivity contribution in [3.8, 4) is 0 Å². The van der Waals surface area contributed by atoms with Crippen LogP contribution >= 0.6 is 11.3 Å². The van der Waals surface area contributed by atoms with Gasteiger partial charge in [-0.3, -0.25) is 4.90 Å². The Morgan fingerprint density at radius 3 is 2.87 bits per heavy atom. The van der Waals surface area contributed by atoms with Gasteiger partial charge in [-0.15, -0.1) is 11.3 Å². The third-order valence-corrected chi connectivity index (χ3v) is 6.35. The second-order valence-corrected chi connectivity index (χ2v) is 8.07. The largest absolute Gasteiger partial charge is 0.396 e. The molecule has 0 radical (unpaired) electrons. The fraction of sp³-hybridized carbons (Fsp3) is 0.526. The third kappa shape index (κ3) is 3.35. The Labute approximate surface area is 142 Å². The third-order valence-electron chi connectivity index (χ3n) is 5.24. The minimum Gasteiger partial charge on any atom is -0.396 e. The molecule has 0 saturated carbocycles. The van der Waals surface area contributed by atoms with Crippen molar-refractivity contribution in [1.29, 1.82) is 0 Å². The Morgan fingerprint density at radius 2 is 2.09 bits per heavy atom. The van der Waals surface area contributed by atoms with E-state index in [1.807, 2.05) is 11.3 Å². The van der Waals surface area contributed by atoms with Gasteiger partial charge in [0.1, 0.15) is 5.01 Å². The molecule has 0 unspecified atom stereocenters. The summed E-state index contributed by atoms with van der Waals surface area (Å²) in [6.07, 6.45) is 4.61. The van der Waals surface area contributed by atoms with E-state index >= 15 is 0 Å². The number of nitrogens with zero attached hydrogens (tertiary/aromatic N) is 2. The van der Waals surface area contributed by atoms with E-state index in [-0.39, 0.29) is 0 Å². The van der Waals surface area contributed by atoms with E-state index in [2.05, 4.69) is 35.2 Å². The minimum atomic E-state index is 0.323. The summed E-state index contributed by atoms with van der Waals surface area (Å²) in [5.74, 6) is 1.12. The number of benzene rings is 1. The standard InChI is InChI=1S/C19H24N2OS/c22-13-14-8-9-21(11-14)12-19-20-17-7-6-16(10-18(17)23-19)15-4-2-1-3-5-15/h1-5,14,16,22H,6-13H2/t14-,16-/m0/s1. The van der Waals surface area contributed by atoms with Crippen molar-refractivity contribution < 1.29 is 5.11 Å². The van der Waals surface area contributed by atoms with Crippen LogP contribution in [-0.2, 0) is 19.4 Å². The van der Waals surface area contributed by atoms with Crippen LogP contribution in [0, 0.1) is 5.92 Å². The number of aliphatic hydroxyl groups is 1. The molecule has 3 nitrogen and oxygen atoms in total. The summed E-state index contributed by atoms with van der Waals surface area (Å²) in [6.45, 7) is 3.41. The number of fused-ring (bicyclic) bond motifs is 1. The molecule has 2 heterocycles. The summed E-state index contributed by atoms with van der Waals surface area (Å²) < 4.78 is 0. The van der Waals surface area contributed by atoms with Gasteiger partial charge in [0.15, 0.2) is 0 Å². The molecular formula is C19H24N2OS. The van der Waals surface area contributed by atoms with E-state index in [1.54, 1.807) is 0 Å². The maximum atomic E-state index is 9.28. The lowest BCUT2D eigenvalue weighted by atomic mass is 9.85. The van der Waals surface area contributed by atoms with Crippen molar-refractivity contribution in [2.75, 3.05) is 19.7 Å². The zero-order valence-electron chi connectivity index (χ0n) is 13.4. The van der Waals surface area contributed by atoms with Gasteiger partial charge in [-0.2, -0.15) is 0 Å². The summed E-state index contributed by atoms with van der Waals surface area (Å²) >= 11 is 1.91. The molecule has 1 aromatic carbocycles. The van der Waals surface area contributed by atoms with E-state index < -0.39 is 0 Å². The maximum Gasteiger partial charge on any atom is 0.107 e. The van der Waals surface area contributed by atoms with Gasteiger partial charge in [0.05, 0.1) is 12.2 Å². The first-order valence-electron chi connectivity index (χ1n) is 8.67. The number of aliphatic hydroxyl groups excluding tert-OH is 1. The van der Waals surface area contributed by atoms with Gasteiger partial charge in [0, 0.05) is 18.0 Å². The highest BCUT2D eigenvalue weighted by molar-refractivity contribution is 7.11. The highest BCUT2D eigenvalue weighted by atomic mass is 32.1. The van der Waals surface area contributed by atoms with E-state index in [1.165, 1.54) is 27.6 Å². The van der Waals surface area contributed by atoms with Crippen molar-refractivity contribution in [2.45, 2.75) is 38.1 Å². The van der Waals surface area contributed by atoms with Crippen LogP contribution in [0.4, 0.5) is 0 Å². The smallest absolute Gasteiger partial charge is 0.107 e. The zero-order valence-corrected chi connectivity index (χ0v) is 14.3. The van der Waals surface area contributed by atoms with Crippen LogP contribution in [0.15, 0.2) is 30.3 Å². The number of aryl methyl sites for hydroxylation is 1. The number of rotatable bonds is 4. The molecule has 1 aliphatic carbocycles. The van der Waals surface area contributed by atoms with Crippen molar-refractivity contribution >= 4 is 11.3 Å². The number of likely N-dealkylation sites (tertiary alicyclic amines) is 1. The quantitative estimate of drug-likeness (QED) is 0.936. The van der Waals surface area contributed by atoms with Crippen molar-refractivity contribution in [3.05, 3.63) is 51.5 Å². The molecule has 0 amide bonds. The topological polar surface area (TPSA) is 36.4 Å². The Hall–Kier alpha value is -1.23. The van der Waals surface area contributed by atoms with Crippen LogP contribution in [0.3, 0.4) is 0 Å². The van der Waals surface area contributed by atoms with E-state index in [4.69, 9.17) is 4.98 Å². The van der Waals surface area contributed by atoms with Crippen molar-refractivity contribution in [1.82, 2.24) is 9.88 Å². The van der Waals surface area contributed by atoms with Crippen LogP contribution in [0.1, 0.15) is 39.9 Å². The molecular weight excluding hydrogens is 304 g/mol. The first-order valence-corrected chi connectivity index (χ1v) is 9.49. The van der Waals surface area contributed by atoms with Gasteiger partial charge in [-0.25, -0.2) is 4.98 Å². The molecule has 2 atom stereocenters. The fourth-order valence-corrected chi connectivity index (χ4v) is 5.14. The second-order valence-electron chi connectivity index (χ2n) is 6.90. The predicted octanol–water partition coefficient (Wildman–Crippen LogP) is 3.23. The molecule has 2 aliphatic rings. The molecule has 1 aliphatic heterocycles. The molecule has 23 heavy (non-hydrogen) atoms. The molecule has 2 aromatic rings. The van der Waals surface area contributed by atoms with Gasteiger partial charge in [0.25, 0.3) is 0 Å². The summed E-state index contributed by atoms with van der Waals surface area (Å²) in [6, 6.07) is 10.9. The fourth-order valence-electron chi connectivity index (χ4n) is 3.90. The maximum absolute atomic E-state index is 9.28. The van der Waals surface area contributed by atoms with Crippen molar-refractivity contribution in [3.63, 3.8) is 0 Å². The molecule has 122 valence electrons. The number of thiazole rings is 1. The van der Waals surface area contributed by atoms with Gasteiger partial charge in [-0.05, 0) is 49.6 Å². The van der Waals surface area contributed by atoms with E-state index in [0.717, 1.165) is 38.9 Å². The molecule has 0 bridgehead atoms.